The SMILES string of the molecule is CC(Cc1cccs1)N(C)c1ncc([N+](=O)[O-])cc1Cl. The first-order chi connectivity index (χ1) is 9.49. The van der Waals surface area contributed by atoms with E-state index in [9.17, 15) is 10.1 Å². The Morgan fingerprint density at radius 3 is 2.90 bits per heavy atom. The maximum Gasteiger partial charge on any atom is 0.289 e. The number of thiophene rings is 1. The van der Waals surface area contributed by atoms with Crippen molar-refractivity contribution in [2.45, 2.75) is 19.4 Å². The molecule has 7 heteroatoms. The van der Waals surface area contributed by atoms with Crippen LogP contribution >= 0.6 is 22.9 Å². The normalized spacial score (nSPS) is 12.2. The van der Waals surface area contributed by atoms with Crippen LogP contribution in [0.2, 0.25) is 5.02 Å². The molecule has 0 aliphatic carbocycles. The van der Waals surface area contributed by atoms with Crippen LogP contribution in [0.1, 0.15) is 11.8 Å². The Hall–Kier alpha value is -1.66. The van der Waals surface area contributed by atoms with Gasteiger partial charge in [0.1, 0.15) is 12.0 Å². The van der Waals surface area contributed by atoms with Crippen molar-refractivity contribution in [3.63, 3.8) is 0 Å². The van der Waals surface area contributed by atoms with E-state index in [1.807, 2.05) is 23.4 Å². The van der Waals surface area contributed by atoms with E-state index >= 15 is 0 Å². The Balaban J connectivity index is 2.16. The van der Waals surface area contributed by atoms with Gasteiger partial charge in [-0.05, 0) is 18.4 Å². The third-order valence-electron chi connectivity index (χ3n) is 3.09. The summed E-state index contributed by atoms with van der Waals surface area (Å²) in [5.74, 6) is 0.557. The fourth-order valence-electron chi connectivity index (χ4n) is 1.85. The number of nitrogens with zero attached hydrogens (tertiary/aromatic N) is 3. The molecular weight excluding hydrogens is 298 g/mol. The van der Waals surface area contributed by atoms with Crippen molar-refractivity contribution in [2.75, 3.05) is 11.9 Å². The van der Waals surface area contributed by atoms with Gasteiger partial charge in [-0.25, -0.2) is 4.98 Å². The molecule has 0 aromatic carbocycles. The molecule has 1 atom stereocenters. The molecule has 2 aromatic rings. The summed E-state index contributed by atoms with van der Waals surface area (Å²) >= 11 is 7.79. The third kappa shape index (κ3) is 3.26. The Labute approximate surface area is 126 Å². The van der Waals surface area contributed by atoms with Gasteiger partial charge in [-0.2, -0.15) is 0 Å². The maximum absolute atomic E-state index is 10.7. The van der Waals surface area contributed by atoms with Crippen molar-refractivity contribution in [1.82, 2.24) is 4.98 Å². The van der Waals surface area contributed by atoms with E-state index in [4.69, 9.17) is 11.6 Å². The van der Waals surface area contributed by atoms with Crippen LogP contribution in [0.25, 0.3) is 0 Å². The van der Waals surface area contributed by atoms with Crippen molar-refractivity contribution >= 4 is 34.4 Å². The van der Waals surface area contributed by atoms with E-state index in [0.29, 0.717) is 10.8 Å². The fraction of sp³-hybridized carbons (Fsp3) is 0.308. The summed E-state index contributed by atoms with van der Waals surface area (Å²) in [6.45, 7) is 2.07. The van der Waals surface area contributed by atoms with E-state index in [-0.39, 0.29) is 11.7 Å². The number of rotatable bonds is 5. The van der Waals surface area contributed by atoms with Crippen LogP contribution < -0.4 is 4.90 Å². The summed E-state index contributed by atoms with van der Waals surface area (Å²) in [7, 11) is 1.89. The molecule has 0 spiro atoms. The topological polar surface area (TPSA) is 59.3 Å². The van der Waals surface area contributed by atoms with Crippen molar-refractivity contribution in [3.8, 4) is 0 Å². The van der Waals surface area contributed by atoms with E-state index in [1.165, 1.54) is 17.1 Å². The molecule has 0 aliphatic heterocycles. The molecule has 2 heterocycles. The molecule has 0 bridgehead atoms. The molecule has 2 rings (SSSR count). The second kappa shape index (κ2) is 6.19. The van der Waals surface area contributed by atoms with Gasteiger partial charge in [-0.1, -0.05) is 17.7 Å². The van der Waals surface area contributed by atoms with Crippen molar-refractivity contribution in [2.24, 2.45) is 0 Å². The summed E-state index contributed by atoms with van der Waals surface area (Å²) in [4.78, 5) is 17.5. The minimum Gasteiger partial charge on any atom is -0.355 e. The number of hydrogen-bond acceptors (Lipinski definition) is 5. The number of likely N-dealkylation sites (N-methyl/N-ethyl adjacent to an activating group) is 1. The smallest absolute Gasteiger partial charge is 0.289 e. The minimum atomic E-state index is -0.502. The lowest BCUT2D eigenvalue weighted by Gasteiger charge is -2.26. The van der Waals surface area contributed by atoms with Gasteiger partial charge in [0.15, 0.2) is 0 Å². The van der Waals surface area contributed by atoms with Gasteiger partial charge < -0.3 is 4.90 Å². The predicted molar refractivity (Wildman–Crippen MR) is 81.8 cm³/mol. The number of anilines is 1. The molecular formula is C13H14ClN3O2S. The summed E-state index contributed by atoms with van der Waals surface area (Å²) in [5, 5.41) is 13.0. The highest BCUT2D eigenvalue weighted by Gasteiger charge is 2.18. The summed E-state index contributed by atoms with van der Waals surface area (Å²) in [6, 6.07) is 5.63. The largest absolute Gasteiger partial charge is 0.355 e. The van der Waals surface area contributed by atoms with Gasteiger partial charge in [0.2, 0.25) is 0 Å². The summed E-state index contributed by atoms with van der Waals surface area (Å²) < 4.78 is 0. The fourth-order valence-corrected chi connectivity index (χ4v) is 2.97. The number of hydrogen-bond donors (Lipinski definition) is 0. The van der Waals surface area contributed by atoms with Crippen molar-refractivity contribution in [1.29, 1.82) is 0 Å². The number of pyridine rings is 1. The first-order valence-electron chi connectivity index (χ1n) is 6.04. The Bertz CT molecular complexity index is 604. The summed E-state index contributed by atoms with van der Waals surface area (Å²) in [6.07, 6.45) is 2.11. The molecule has 0 amide bonds. The van der Waals surface area contributed by atoms with Gasteiger partial charge in [0.25, 0.3) is 5.69 Å². The Morgan fingerprint density at radius 2 is 2.35 bits per heavy atom. The van der Waals surface area contributed by atoms with Crippen molar-refractivity contribution < 1.29 is 4.92 Å². The van der Waals surface area contributed by atoms with Crippen LogP contribution in [-0.2, 0) is 6.42 Å². The van der Waals surface area contributed by atoms with Crippen molar-refractivity contribution in [3.05, 3.63) is 49.8 Å². The molecule has 0 fully saturated rings. The number of halogens is 1. The average Bonchev–Trinajstić information content (AvgIpc) is 2.90. The highest BCUT2D eigenvalue weighted by Crippen LogP contribution is 2.28. The summed E-state index contributed by atoms with van der Waals surface area (Å²) in [5.41, 5.74) is -0.0990. The van der Waals surface area contributed by atoms with Gasteiger partial charge in [0, 0.05) is 30.5 Å². The molecule has 20 heavy (non-hydrogen) atoms. The molecule has 0 saturated heterocycles. The minimum absolute atomic E-state index is 0.0990. The molecule has 1 unspecified atom stereocenters. The zero-order chi connectivity index (χ0) is 14.7. The van der Waals surface area contributed by atoms with E-state index in [2.05, 4.69) is 18.0 Å². The molecule has 0 N–H and O–H groups in total. The standard InChI is InChI=1S/C13H14ClN3O2S/c1-9(6-11-4-3-5-20-11)16(2)13-12(14)7-10(8-15-13)17(18)19/h3-5,7-9H,6H2,1-2H3. The lowest BCUT2D eigenvalue weighted by atomic mass is 10.2. The molecule has 0 aliphatic rings. The molecule has 5 nitrogen and oxygen atoms in total. The number of aromatic nitrogens is 1. The van der Waals surface area contributed by atoms with Crippen LogP contribution in [0, 0.1) is 10.1 Å². The van der Waals surface area contributed by atoms with E-state index in [1.54, 1.807) is 11.3 Å². The van der Waals surface area contributed by atoms with Crippen LogP contribution in [0.4, 0.5) is 11.5 Å². The van der Waals surface area contributed by atoms with Crippen LogP contribution in [0.5, 0.6) is 0 Å². The average molecular weight is 312 g/mol. The number of nitro groups is 1. The zero-order valence-corrected chi connectivity index (χ0v) is 12.7. The highest BCUT2D eigenvalue weighted by molar-refractivity contribution is 7.09. The Morgan fingerprint density at radius 1 is 1.60 bits per heavy atom. The second-order valence-corrected chi connectivity index (χ2v) is 5.94. The van der Waals surface area contributed by atoms with Crippen LogP contribution in [0.3, 0.4) is 0 Å². The van der Waals surface area contributed by atoms with Gasteiger partial charge in [0.05, 0.1) is 9.95 Å². The zero-order valence-electron chi connectivity index (χ0n) is 11.1. The predicted octanol–water partition coefficient (Wildman–Crippen LogP) is 3.77. The van der Waals surface area contributed by atoms with Gasteiger partial charge >= 0.3 is 0 Å². The second-order valence-electron chi connectivity index (χ2n) is 4.50. The van der Waals surface area contributed by atoms with Gasteiger partial charge in [-0.3, -0.25) is 10.1 Å². The molecule has 106 valence electrons. The lowest BCUT2D eigenvalue weighted by molar-refractivity contribution is -0.385. The third-order valence-corrected chi connectivity index (χ3v) is 4.27. The van der Waals surface area contributed by atoms with Gasteiger partial charge in [-0.15, -0.1) is 11.3 Å². The van der Waals surface area contributed by atoms with E-state index in [0.717, 1.165) is 6.42 Å². The first kappa shape index (κ1) is 14.7. The quantitative estimate of drug-likeness (QED) is 0.623. The van der Waals surface area contributed by atoms with Crippen LogP contribution in [-0.4, -0.2) is 23.0 Å². The monoisotopic (exact) mass is 311 g/mol. The molecule has 0 radical (unpaired) electrons. The lowest BCUT2D eigenvalue weighted by Crippen LogP contribution is -2.31. The van der Waals surface area contributed by atoms with E-state index < -0.39 is 4.92 Å². The Kier molecular flexibility index (Phi) is 4.57. The van der Waals surface area contributed by atoms with Crippen LogP contribution in [0.15, 0.2) is 29.8 Å². The molecule has 2 aromatic heterocycles. The molecule has 0 saturated carbocycles. The first-order valence-corrected chi connectivity index (χ1v) is 7.30. The highest BCUT2D eigenvalue weighted by atomic mass is 35.5. The maximum atomic E-state index is 10.7.